The summed E-state index contributed by atoms with van der Waals surface area (Å²) >= 11 is 12.6. The van der Waals surface area contributed by atoms with Crippen molar-refractivity contribution in [2.24, 2.45) is 5.10 Å². The van der Waals surface area contributed by atoms with Gasteiger partial charge in [-0.05, 0) is 34.9 Å². The van der Waals surface area contributed by atoms with Crippen molar-refractivity contribution in [3.8, 4) is 33.6 Å². The van der Waals surface area contributed by atoms with E-state index in [9.17, 15) is 0 Å². The zero-order valence-corrected chi connectivity index (χ0v) is 20.7. The van der Waals surface area contributed by atoms with E-state index in [4.69, 9.17) is 28.3 Å². The van der Waals surface area contributed by atoms with Crippen LogP contribution < -0.4 is 4.40 Å². The zero-order valence-electron chi connectivity index (χ0n) is 19.1. The Balaban J connectivity index is 1.47. The molecule has 0 saturated carbocycles. The normalized spacial score (nSPS) is 11.5. The number of imidazole rings is 2. The first-order valence-electron chi connectivity index (χ1n) is 11.5. The molecular weight excluding hydrogens is 487 g/mol. The molecule has 0 atom stereocenters. The van der Waals surface area contributed by atoms with E-state index in [0.29, 0.717) is 10.0 Å². The fraction of sp³-hybridized carbons (Fsp3) is 0. The molecule has 0 radical (unpaired) electrons. The molecule has 0 bridgehead atoms. The van der Waals surface area contributed by atoms with E-state index in [1.165, 1.54) is 11.1 Å². The van der Waals surface area contributed by atoms with E-state index >= 15 is 0 Å². The summed E-state index contributed by atoms with van der Waals surface area (Å²) in [6.07, 6.45) is 5.91. The summed E-state index contributed by atoms with van der Waals surface area (Å²) in [5.74, 6) is 0.810. The van der Waals surface area contributed by atoms with E-state index in [2.05, 4.69) is 57.9 Å². The molecule has 0 aliphatic rings. The number of nitrogens with zero attached hydrogens (tertiary/aromatic N) is 3. The average Bonchev–Trinajstić information content (AvgIpc) is 3.48. The molecule has 174 valence electrons. The number of halogens is 2. The molecule has 6 rings (SSSR count). The smallest absolute Gasteiger partial charge is 0.239 e. The molecule has 0 fully saturated rings. The van der Waals surface area contributed by atoms with Crippen molar-refractivity contribution >= 4 is 35.2 Å². The van der Waals surface area contributed by atoms with E-state index in [1.54, 1.807) is 6.07 Å². The first kappa shape index (κ1) is 22.4. The Labute approximate surface area is 218 Å². The molecule has 2 heterocycles. The van der Waals surface area contributed by atoms with Gasteiger partial charge in [-0.15, -0.1) is 9.78 Å². The number of hydrogen-bond acceptors (Lipinski definition) is 1. The summed E-state index contributed by atoms with van der Waals surface area (Å²) in [6, 6.07) is 34.5. The van der Waals surface area contributed by atoms with Gasteiger partial charge in [-0.3, -0.25) is 0 Å². The maximum absolute atomic E-state index is 6.52. The maximum Gasteiger partial charge on any atom is 0.391 e. The third-order valence-corrected chi connectivity index (χ3v) is 6.64. The minimum atomic E-state index is 0.583. The minimum absolute atomic E-state index is 0.583. The van der Waals surface area contributed by atoms with Crippen molar-refractivity contribution < 1.29 is 4.40 Å². The van der Waals surface area contributed by atoms with Crippen LogP contribution in [0.25, 0.3) is 39.4 Å². The molecular formula is C30H21Cl2N4+. The van der Waals surface area contributed by atoms with Crippen LogP contribution in [0.2, 0.25) is 10.0 Å². The molecule has 4 nitrogen and oxygen atoms in total. The average molecular weight is 508 g/mol. The summed E-state index contributed by atoms with van der Waals surface area (Å²) in [5, 5.41) is 5.93. The number of fused-ring (bicyclic) bond motifs is 1. The first-order chi connectivity index (χ1) is 17.7. The van der Waals surface area contributed by atoms with Crippen molar-refractivity contribution in [3.05, 3.63) is 131 Å². The van der Waals surface area contributed by atoms with Crippen LogP contribution in [0.1, 0.15) is 5.56 Å². The second-order valence-corrected chi connectivity index (χ2v) is 9.29. The molecule has 2 aromatic heterocycles. The van der Waals surface area contributed by atoms with Crippen molar-refractivity contribution in [1.29, 1.82) is 0 Å². The number of benzene rings is 4. The number of H-pyrrole nitrogens is 1. The van der Waals surface area contributed by atoms with Crippen molar-refractivity contribution in [3.63, 3.8) is 0 Å². The van der Waals surface area contributed by atoms with Gasteiger partial charge in [0.2, 0.25) is 0 Å². The number of rotatable bonds is 5. The molecule has 4 aromatic carbocycles. The molecule has 0 aliphatic carbocycles. The molecule has 6 heteroatoms. The standard InChI is InChI=1S/C30H20Cl2N4/c31-25-15-16-26(27(32)17-25)28-19-35-29(24-13-11-23(12-14-24)22-9-5-2-6-10-22)20-36(30(35)34-28)33-18-21-7-3-1-4-8-21/h1-20H/p+1/b33-18+. The van der Waals surface area contributed by atoms with Crippen LogP contribution in [0.5, 0.6) is 0 Å². The van der Waals surface area contributed by atoms with Crippen molar-refractivity contribution in [2.75, 3.05) is 0 Å². The van der Waals surface area contributed by atoms with Gasteiger partial charge in [0.05, 0.1) is 11.2 Å². The van der Waals surface area contributed by atoms with E-state index in [-0.39, 0.29) is 0 Å². The Bertz CT molecular complexity index is 1680. The Morgan fingerprint density at radius 1 is 0.750 bits per heavy atom. The second-order valence-electron chi connectivity index (χ2n) is 8.44. The third-order valence-electron chi connectivity index (χ3n) is 6.09. The Morgan fingerprint density at radius 2 is 1.42 bits per heavy atom. The van der Waals surface area contributed by atoms with Gasteiger partial charge < -0.3 is 0 Å². The quantitative estimate of drug-likeness (QED) is 0.183. The summed E-state index contributed by atoms with van der Waals surface area (Å²) in [7, 11) is 0. The summed E-state index contributed by atoms with van der Waals surface area (Å²) < 4.78 is 3.95. The molecule has 36 heavy (non-hydrogen) atoms. The fourth-order valence-electron chi connectivity index (χ4n) is 4.27. The topological polar surface area (TPSA) is 37.2 Å². The van der Waals surface area contributed by atoms with Crippen LogP contribution in [0.3, 0.4) is 0 Å². The fourth-order valence-corrected chi connectivity index (χ4v) is 4.78. The lowest BCUT2D eigenvalue weighted by molar-refractivity contribution is -0.496. The Morgan fingerprint density at radius 3 is 2.14 bits per heavy atom. The highest BCUT2D eigenvalue weighted by Gasteiger charge is 2.22. The molecule has 0 saturated heterocycles. The Hall–Kier alpha value is -4.12. The number of aromatic nitrogens is 3. The molecule has 0 unspecified atom stereocenters. The SMILES string of the molecule is Clc1ccc(-c2c[n+]3c(-c4ccc(-c5ccccc5)cc4)cn(/N=C/c4ccccc4)c3[nH]2)c(Cl)c1. The highest BCUT2D eigenvalue weighted by Crippen LogP contribution is 2.30. The minimum Gasteiger partial charge on any atom is -0.239 e. The maximum atomic E-state index is 6.52. The monoisotopic (exact) mass is 507 g/mol. The van der Waals surface area contributed by atoms with Crippen LogP contribution in [0.15, 0.2) is 121 Å². The van der Waals surface area contributed by atoms with E-state index < -0.39 is 0 Å². The van der Waals surface area contributed by atoms with Gasteiger partial charge in [0, 0.05) is 16.1 Å². The molecule has 6 aromatic rings. The van der Waals surface area contributed by atoms with E-state index in [1.807, 2.05) is 71.8 Å². The second kappa shape index (κ2) is 9.50. The largest absolute Gasteiger partial charge is 0.391 e. The zero-order chi connectivity index (χ0) is 24.5. The molecule has 0 aliphatic heterocycles. The van der Waals surface area contributed by atoms with Crippen LogP contribution >= 0.6 is 23.2 Å². The Kier molecular flexibility index (Phi) is 5.90. The van der Waals surface area contributed by atoms with Crippen molar-refractivity contribution in [2.45, 2.75) is 0 Å². The summed E-state index contributed by atoms with van der Waals surface area (Å²) in [6.45, 7) is 0. The molecule has 0 amide bonds. The molecule has 1 N–H and O–H groups in total. The first-order valence-corrected chi connectivity index (χ1v) is 12.3. The number of hydrogen-bond donors (Lipinski definition) is 1. The highest BCUT2D eigenvalue weighted by molar-refractivity contribution is 6.36. The number of aromatic amines is 1. The van der Waals surface area contributed by atoms with Gasteiger partial charge >= 0.3 is 5.78 Å². The van der Waals surface area contributed by atoms with E-state index in [0.717, 1.165) is 33.9 Å². The summed E-state index contributed by atoms with van der Waals surface area (Å²) in [5.41, 5.74) is 7.20. The highest BCUT2D eigenvalue weighted by atomic mass is 35.5. The third kappa shape index (κ3) is 4.33. The molecule has 0 spiro atoms. The van der Waals surface area contributed by atoms with Gasteiger partial charge in [0.15, 0.2) is 0 Å². The predicted octanol–water partition coefficient (Wildman–Crippen LogP) is 7.74. The lowest BCUT2D eigenvalue weighted by atomic mass is 10.0. The number of nitrogens with one attached hydrogen (secondary N) is 1. The van der Waals surface area contributed by atoms with Gasteiger partial charge in [0.1, 0.15) is 23.8 Å². The van der Waals surface area contributed by atoms with Gasteiger partial charge in [-0.1, -0.05) is 108 Å². The predicted molar refractivity (Wildman–Crippen MR) is 148 cm³/mol. The van der Waals surface area contributed by atoms with Crippen molar-refractivity contribution in [1.82, 2.24) is 9.66 Å². The van der Waals surface area contributed by atoms with Crippen LogP contribution in [0.4, 0.5) is 0 Å². The van der Waals surface area contributed by atoms with Crippen LogP contribution in [0, 0.1) is 0 Å². The lowest BCUT2D eigenvalue weighted by Crippen LogP contribution is -2.18. The van der Waals surface area contributed by atoms with Crippen LogP contribution in [-0.2, 0) is 0 Å². The summed E-state index contributed by atoms with van der Waals surface area (Å²) in [4.78, 5) is 3.49. The van der Waals surface area contributed by atoms with Gasteiger partial charge in [-0.25, -0.2) is 4.98 Å². The van der Waals surface area contributed by atoms with Gasteiger partial charge in [-0.2, -0.15) is 4.40 Å². The van der Waals surface area contributed by atoms with Crippen LogP contribution in [-0.4, -0.2) is 15.9 Å². The van der Waals surface area contributed by atoms with Gasteiger partial charge in [0.25, 0.3) is 0 Å². The lowest BCUT2D eigenvalue weighted by Gasteiger charge is -2.02.